The van der Waals surface area contributed by atoms with Crippen LogP contribution in [-0.2, 0) is 0 Å². The third kappa shape index (κ3) is 2.11. The Balaban J connectivity index is 1.87. The highest BCUT2D eigenvalue weighted by Crippen LogP contribution is 2.24. The minimum atomic E-state index is 0.739. The SMILES string of the molecule is Nc1ccc2nc(-c3ccc4cc(N)ccc4n3)ccc2c1. The van der Waals surface area contributed by atoms with Crippen LogP contribution < -0.4 is 11.5 Å². The number of anilines is 2. The number of fused-ring (bicyclic) bond motifs is 2. The Labute approximate surface area is 127 Å². The summed E-state index contributed by atoms with van der Waals surface area (Å²) in [6.07, 6.45) is 0. The van der Waals surface area contributed by atoms with E-state index in [4.69, 9.17) is 11.5 Å². The van der Waals surface area contributed by atoms with Crippen molar-refractivity contribution >= 4 is 33.2 Å². The standard InChI is InChI=1S/C18H14N4/c19-13-3-7-15-11(9-13)1-5-17(21-15)18-6-2-12-10-14(20)4-8-16(12)22-18/h1-10H,19-20H2. The van der Waals surface area contributed by atoms with Crippen LogP contribution in [0.3, 0.4) is 0 Å². The van der Waals surface area contributed by atoms with Crippen LogP contribution in [0.5, 0.6) is 0 Å². The molecular formula is C18H14N4. The second-order valence-corrected chi connectivity index (χ2v) is 5.30. The third-order valence-electron chi connectivity index (χ3n) is 3.69. The van der Waals surface area contributed by atoms with Gasteiger partial charge in [-0.15, -0.1) is 0 Å². The maximum Gasteiger partial charge on any atom is 0.0894 e. The third-order valence-corrected chi connectivity index (χ3v) is 3.69. The molecule has 4 rings (SSSR count). The quantitative estimate of drug-likeness (QED) is 0.524. The maximum atomic E-state index is 5.80. The van der Waals surface area contributed by atoms with E-state index < -0.39 is 0 Å². The molecule has 0 saturated carbocycles. The average Bonchev–Trinajstić information content (AvgIpc) is 2.54. The van der Waals surface area contributed by atoms with Gasteiger partial charge in [-0.2, -0.15) is 0 Å². The van der Waals surface area contributed by atoms with Crippen molar-refractivity contribution < 1.29 is 0 Å². The van der Waals surface area contributed by atoms with Crippen molar-refractivity contribution in [2.45, 2.75) is 0 Å². The minimum absolute atomic E-state index is 0.739. The van der Waals surface area contributed by atoms with Crippen LogP contribution in [-0.4, -0.2) is 9.97 Å². The maximum absolute atomic E-state index is 5.80. The minimum Gasteiger partial charge on any atom is -0.399 e. The summed E-state index contributed by atoms with van der Waals surface area (Å²) in [6.45, 7) is 0. The van der Waals surface area contributed by atoms with Gasteiger partial charge >= 0.3 is 0 Å². The molecule has 0 bridgehead atoms. The van der Waals surface area contributed by atoms with Gasteiger partial charge in [-0.25, -0.2) is 9.97 Å². The molecule has 106 valence electrons. The number of rotatable bonds is 1. The fourth-order valence-electron chi connectivity index (χ4n) is 2.57. The molecule has 22 heavy (non-hydrogen) atoms. The summed E-state index contributed by atoms with van der Waals surface area (Å²) in [7, 11) is 0. The summed E-state index contributed by atoms with van der Waals surface area (Å²) < 4.78 is 0. The first-order valence-corrected chi connectivity index (χ1v) is 7.02. The Morgan fingerprint density at radius 3 is 1.45 bits per heavy atom. The largest absolute Gasteiger partial charge is 0.399 e. The second-order valence-electron chi connectivity index (χ2n) is 5.30. The van der Waals surface area contributed by atoms with Crippen molar-refractivity contribution in [3.8, 4) is 11.4 Å². The zero-order valence-electron chi connectivity index (χ0n) is 11.8. The van der Waals surface area contributed by atoms with Crippen LogP contribution in [0, 0.1) is 0 Å². The first-order valence-electron chi connectivity index (χ1n) is 7.02. The second kappa shape index (κ2) is 4.70. The number of benzene rings is 2. The van der Waals surface area contributed by atoms with Gasteiger partial charge in [0.2, 0.25) is 0 Å². The summed E-state index contributed by atoms with van der Waals surface area (Å²) in [5.41, 5.74) is 16.6. The molecule has 0 fully saturated rings. The molecule has 2 aromatic heterocycles. The molecular weight excluding hydrogens is 272 g/mol. The average molecular weight is 286 g/mol. The van der Waals surface area contributed by atoms with Crippen molar-refractivity contribution in [2.24, 2.45) is 0 Å². The summed E-state index contributed by atoms with van der Waals surface area (Å²) in [6, 6.07) is 19.4. The van der Waals surface area contributed by atoms with E-state index in [0.717, 1.165) is 44.6 Å². The smallest absolute Gasteiger partial charge is 0.0894 e. The number of hydrogen-bond donors (Lipinski definition) is 2. The molecule has 0 saturated heterocycles. The summed E-state index contributed by atoms with van der Waals surface area (Å²) in [4.78, 5) is 9.34. The number of nitrogens with two attached hydrogens (primary N) is 2. The molecule has 0 atom stereocenters. The topological polar surface area (TPSA) is 77.8 Å². The van der Waals surface area contributed by atoms with Gasteiger partial charge in [0, 0.05) is 22.1 Å². The molecule has 4 nitrogen and oxygen atoms in total. The van der Waals surface area contributed by atoms with E-state index in [0.29, 0.717) is 0 Å². The Hall–Kier alpha value is -3.14. The summed E-state index contributed by atoms with van der Waals surface area (Å²) >= 11 is 0. The van der Waals surface area contributed by atoms with Crippen molar-refractivity contribution in [3.05, 3.63) is 60.7 Å². The van der Waals surface area contributed by atoms with Gasteiger partial charge in [0.05, 0.1) is 22.4 Å². The Bertz CT molecular complexity index is 925. The molecule has 4 N–H and O–H groups in total. The van der Waals surface area contributed by atoms with E-state index >= 15 is 0 Å². The van der Waals surface area contributed by atoms with Gasteiger partial charge in [0.25, 0.3) is 0 Å². The van der Waals surface area contributed by atoms with Crippen LogP contribution in [0.2, 0.25) is 0 Å². The lowest BCUT2D eigenvalue weighted by atomic mass is 10.1. The van der Waals surface area contributed by atoms with E-state index in [2.05, 4.69) is 9.97 Å². The number of pyridine rings is 2. The lowest BCUT2D eigenvalue weighted by Crippen LogP contribution is -1.91. The molecule has 4 aromatic rings. The van der Waals surface area contributed by atoms with Gasteiger partial charge in [-0.3, -0.25) is 0 Å². The number of nitrogens with zero attached hydrogens (tertiary/aromatic N) is 2. The highest BCUT2D eigenvalue weighted by Gasteiger charge is 2.05. The van der Waals surface area contributed by atoms with Gasteiger partial charge in [-0.1, -0.05) is 12.1 Å². The molecule has 0 aliphatic carbocycles. The normalized spacial score (nSPS) is 11.1. The fraction of sp³-hybridized carbons (Fsp3) is 0. The Morgan fingerprint density at radius 1 is 0.545 bits per heavy atom. The highest BCUT2D eigenvalue weighted by atomic mass is 14.8. The number of nitrogen functional groups attached to an aromatic ring is 2. The fourth-order valence-corrected chi connectivity index (χ4v) is 2.57. The van der Waals surface area contributed by atoms with Crippen molar-refractivity contribution in [1.82, 2.24) is 9.97 Å². The lowest BCUT2D eigenvalue weighted by molar-refractivity contribution is 1.32. The summed E-state index contributed by atoms with van der Waals surface area (Å²) in [5.74, 6) is 0. The van der Waals surface area contributed by atoms with Gasteiger partial charge in [0.15, 0.2) is 0 Å². The molecule has 0 unspecified atom stereocenters. The molecule has 2 aromatic carbocycles. The van der Waals surface area contributed by atoms with Crippen LogP contribution >= 0.6 is 0 Å². The first-order chi connectivity index (χ1) is 10.7. The van der Waals surface area contributed by atoms with Crippen LogP contribution in [0.1, 0.15) is 0 Å². The highest BCUT2D eigenvalue weighted by molar-refractivity contribution is 5.86. The van der Waals surface area contributed by atoms with E-state index in [-0.39, 0.29) is 0 Å². The van der Waals surface area contributed by atoms with Gasteiger partial charge in [-0.05, 0) is 48.5 Å². The molecule has 0 aliphatic heterocycles. The number of hydrogen-bond acceptors (Lipinski definition) is 4. The van der Waals surface area contributed by atoms with E-state index in [9.17, 15) is 0 Å². The predicted octanol–water partition coefficient (Wildman–Crippen LogP) is 3.61. The van der Waals surface area contributed by atoms with Crippen molar-refractivity contribution in [3.63, 3.8) is 0 Å². The van der Waals surface area contributed by atoms with Crippen LogP contribution in [0.25, 0.3) is 33.2 Å². The Kier molecular flexibility index (Phi) is 2.69. The van der Waals surface area contributed by atoms with Gasteiger partial charge < -0.3 is 11.5 Å². The molecule has 0 amide bonds. The molecule has 4 heteroatoms. The van der Waals surface area contributed by atoms with E-state index in [1.54, 1.807) is 0 Å². The zero-order chi connectivity index (χ0) is 15.1. The molecule has 0 spiro atoms. The number of aromatic nitrogens is 2. The molecule has 2 heterocycles. The van der Waals surface area contributed by atoms with Crippen LogP contribution in [0.4, 0.5) is 11.4 Å². The zero-order valence-corrected chi connectivity index (χ0v) is 11.8. The van der Waals surface area contributed by atoms with Gasteiger partial charge in [0.1, 0.15) is 0 Å². The molecule has 0 radical (unpaired) electrons. The van der Waals surface area contributed by atoms with Crippen LogP contribution in [0.15, 0.2) is 60.7 Å². The Morgan fingerprint density at radius 2 is 1.00 bits per heavy atom. The molecule has 0 aliphatic rings. The van der Waals surface area contributed by atoms with Crippen molar-refractivity contribution in [1.29, 1.82) is 0 Å². The monoisotopic (exact) mass is 286 g/mol. The predicted molar refractivity (Wildman–Crippen MR) is 91.3 cm³/mol. The summed E-state index contributed by atoms with van der Waals surface area (Å²) in [5, 5.41) is 2.05. The first kappa shape index (κ1) is 12.6. The lowest BCUT2D eigenvalue weighted by Gasteiger charge is -2.05. The van der Waals surface area contributed by atoms with E-state index in [1.165, 1.54) is 0 Å². The van der Waals surface area contributed by atoms with Crippen molar-refractivity contribution in [2.75, 3.05) is 11.5 Å². The van der Waals surface area contributed by atoms with E-state index in [1.807, 2.05) is 60.7 Å².